The molecule has 0 bridgehead atoms. The molecule has 0 aliphatic heterocycles. The molecule has 4 nitrogen and oxygen atoms in total. The summed E-state index contributed by atoms with van der Waals surface area (Å²) in [5.41, 5.74) is 2.00. The fourth-order valence-electron chi connectivity index (χ4n) is 2.32. The van der Waals surface area contributed by atoms with Gasteiger partial charge in [0.25, 0.3) is 0 Å². The van der Waals surface area contributed by atoms with Gasteiger partial charge in [0.05, 0.1) is 13.2 Å². The van der Waals surface area contributed by atoms with Crippen LogP contribution in [-0.2, 0) is 11.3 Å². The smallest absolute Gasteiger partial charge is 0.490 e. The highest BCUT2D eigenvalue weighted by Gasteiger charge is 2.32. The lowest BCUT2D eigenvalue weighted by Crippen LogP contribution is -2.18. The van der Waals surface area contributed by atoms with Gasteiger partial charge >= 0.3 is 6.36 Å². The number of hydrogen-bond donors (Lipinski definition) is 1. The van der Waals surface area contributed by atoms with Crippen molar-refractivity contribution in [2.45, 2.75) is 19.4 Å². The minimum absolute atomic E-state index is 0.0151. The van der Waals surface area contributed by atoms with E-state index in [2.05, 4.69) is 4.74 Å². The quantitative estimate of drug-likeness (QED) is 0.722. The number of benzene rings is 2. The average Bonchev–Trinajstić information content (AvgIpc) is 2.58. The van der Waals surface area contributed by atoms with Crippen LogP contribution in [0.1, 0.15) is 12.0 Å². The van der Waals surface area contributed by atoms with E-state index in [-0.39, 0.29) is 19.0 Å². The Kier molecular flexibility index (Phi) is 6.66. The van der Waals surface area contributed by atoms with Crippen molar-refractivity contribution >= 4 is 0 Å². The van der Waals surface area contributed by atoms with Gasteiger partial charge in [-0.3, -0.25) is 0 Å². The Hall–Kier alpha value is -2.25. The first-order valence-corrected chi connectivity index (χ1v) is 7.65. The standard InChI is InChI=1S/C18H19F3O4/c1-23-9-4-10-24-17-11-13(7-8-16(17)25-18(19,20)21)15-6-3-2-5-14(15)12-22/h2-3,5-8,11,22H,4,9-10,12H2,1H3. The molecule has 0 fully saturated rings. The Balaban J connectivity index is 2.33. The van der Waals surface area contributed by atoms with E-state index in [1.807, 2.05) is 0 Å². The summed E-state index contributed by atoms with van der Waals surface area (Å²) in [6, 6.07) is 11.3. The Bertz CT molecular complexity index is 686. The second-order valence-corrected chi connectivity index (χ2v) is 5.22. The van der Waals surface area contributed by atoms with Crippen molar-refractivity contribution in [1.82, 2.24) is 0 Å². The van der Waals surface area contributed by atoms with Crippen molar-refractivity contribution in [3.63, 3.8) is 0 Å². The first kappa shape index (κ1) is 19.1. The lowest BCUT2D eigenvalue weighted by molar-refractivity contribution is -0.275. The maximum Gasteiger partial charge on any atom is 0.573 e. The molecular weight excluding hydrogens is 337 g/mol. The van der Waals surface area contributed by atoms with Gasteiger partial charge < -0.3 is 19.3 Å². The van der Waals surface area contributed by atoms with E-state index in [0.29, 0.717) is 29.7 Å². The highest BCUT2D eigenvalue weighted by Crippen LogP contribution is 2.37. The monoisotopic (exact) mass is 356 g/mol. The van der Waals surface area contributed by atoms with Gasteiger partial charge in [0.2, 0.25) is 0 Å². The number of aliphatic hydroxyl groups excluding tert-OH is 1. The van der Waals surface area contributed by atoms with E-state index in [1.165, 1.54) is 25.3 Å². The van der Waals surface area contributed by atoms with Gasteiger partial charge in [0.15, 0.2) is 11.5 Å². The maximum atomic E-state index is 12.6. The minimum Gasteiger partial charge on any atom is -0.490 e. The van der Waals surface area contributed by atoms with Gasteiger partial charge in [-0.15, -0.1) is 13.2 Å². The summed E-state index contributed by atoms with van der Waals surface area (Å²) < 4.78 is 52.1. The molecule has 2 rings (SSSR count). The van der Waals surface area contributed by atoms with Crippen LogP contribution in [0.2, 0.25) is 0 Å². The molecule has 0 saturated heterocycles. The number of hydrogen-bond acceptors (Lipinski definition) is 4. The van der Waals surface area contributed by atoms with Crippen LogP contribution in [-0.4, -0.2) is 31.8 Å². The molecule has 0 atom stereocenters. The van der Waals surface area contributed by atoms with E-state index >= 15 is 0 Å². The summed E-state index contributed by atoms with van der Waals surface area (Å²) >= 11 is 0. The molecule has 1 N–H and O–H groups in total. The Labute approximate surface area is 143 Å². The number of ether oxygens (including phenoxy) is 3. The van der Waals surface area contributed by atoms with Crippen LogP contribution in [0.4, 0.5) is 13.2 Å². The molecule has 7 heteroatoms. The number of alkyl halides is 3. The number of aliphatic hydroxyl groups is 1. The predicted molar refractivity (Wildman–Crippen MR) is 86.5 cm³/mol. The van der Waals surface area contributed by atoms with Gasteiger partial charge in [-0.1, -0.05) is 30.3 Å². The Morgan fingerprint density at radius 2 is 1.76 bits per heavy atom. The fourth-order valence-corrected chi connectivity index (χ4v) is 2.32. The zero-order valence-electron chi connectivity index (χ0n) is 13.7. The first-order valence-electron chi connectivity index (χ1n) is 7.65. The highest BCUT2D eigenvalue weighted by molar-refractivity contribution is 5.70. The number of rotatable bonds is 8. The molecule has 0 unspecified atom stereocenters. The highest BCUT2D eigenvalue weighted by atomic mass is 19.4. The lowest BCUT2D eigenvalue weighted by atomic mass is 10.00. The number of methoxy groups -OCH3 is 1. The second kappa shape index (κ2) is 8.73. The van der Waals surface area contributed by atoms with E-state index in [1.54, 1.807) is 24.3 Å². The molecule has 2 aromatic carbocycles. The first-order chi connectivity index (χ1) is 11.9. The molecule has 0 aromatic heterocycles. The molecule has 0 spiro atoms. The fraction of sp³-hybridized carbons (Fsp3) is 0.333. The summed E-state index contributed by atoms with van der Waals surface area (Å²) in [5.74, 6) is -0.422. The van der Waals surface area contributed by atoms with E-state index < -0.39 is 12.1 Å². The molecule has 25 heavy (non-hydrogen) atoms. The molecule has 136 valence electrons. The minimum atomic E-state index is -4.81. The van der Waals surface area contributed by atoms with Crippen LogP contribution in [0.15, 0.2) is 42.5 Å². The summed E-state index contributed by atoms with van der Waals surface area (Å²) in [7, 11) is 1.53. The van der Waals surface area contributed by atoms with Crippen molar-refractivity contribution in [3.05, 3.63) is 48.0 Å². The molecular formula is C18H19F3O4. The normalized spacial score (nSPS) is 11.4. The van der Waals surface area contributed by atoms with Gasteiger partial charge in [0.1, 0.15) is 0 Å². The Morgan fingerprint density at radius 3 is 2.44 bits per heavy atom. The van der Waals surface area contributed by atoms with Crippen LogP contribution in [0.25, 0.3) is 11.1 Å². The summed E-state index contributed by atoms with van der Waals surface area (Å²) in [4.78, 5) is 0. The zero-order chi connectivity index (χ0) is 18.3. The van der Waals surface area contributed by atoms with E-state index in [4.69, 9.17) is 9.47 Å². The van der Waals surface area contributed by atoms with E-state index in [9.17, 15) is 18.3 Å². The topological polar surface area (TPSA) is 47.9 Å². The largest absolute Gasteiger partial charge is 0.573 e. The number of halogens is 3. The molecule has 0 aliphatic carbocycles. The summed E-state index contributed by atoms with van der Waals surface area (Å²) in [5, 5.41) is 9.44. The maximum absolute atomic E-state index is 12.6. The second-order valence-electron chi connectivity index (χ2n) is 5.22. The molecule has 0 aliphatic rings. The third kappa shape index (κ3) is 5.65. The molecule has 0 radical (unpaired) electrons. The molecule has 2 aromatic rings. The van der Waals surface area contributed by atoms with E-state index in [0.717, 1.165) is 0 Å². The van der Waals surface area contributed by atoms with Crippen molar-refractivity contribution in [2.24, 2.45) is 0 Å². The lowest BCUT2D eigenvalue weighted by Gasteiger charge is -2.16. The van der Waals surface area contributed by atoms with Gasteiger partial charge in [-0.25, -0.2) is 0 Å². The molecule has 0 saturated carbocycles. The van der Waals surface area contributed by atoms with Gasteiger partial charge in [-0.2, -0.15) is 0 Å². The van der Waals surface area contributed by atoms with Crippen LogP contribution in [0, 0.1) is 0 Å². The van der Waals surface area contributed by atoms with Crippen LogP contribution < -0.4 is 9.47 Å². The third-order valence-corrected chi connectivity index (χ3v) is 3.42. The molecule has 0 amide bonds. The molecule has 0 heterocycles. The summed E-state index contributed by atoms with van der Waals surface area (Å²) in [6.07, 6.45) is -4.28. The Morgan fingerprint density at radius 1 is 1.00 bits per heavy atom. The van der Waals surface area contributed by atoms with Crippen molar-refractivity contribution in [2.75, 3.05) is 20.3 Å². The average molecular weight is 356 g/mol. The van der Waals surface area contributed by atoms with Crippen molar-refractivity contribution < 1.29 is 32.5 Å². The van der Waals surface area contributed by atoms with Crippen LogP contribution >= 0.6 is 0 Å². The van der Waals surface area contributed by atoms with Crippen molar-refractivity contribution in [1.29, 1.82) is 0 Å². The summed E-state index contributed by atoms with van der Waals surface area (Å²) in [6.45, 7) is 0.441. The van der Waals surface area contributed by atoms with Crippen molar-refractivity contribution in [3.8, 4) is 22.6 Å². The SMILES string of the molecule is COCCCOc1cc(-c2ccccc2CO)ccc1OC(F)(F)F. The van der Waals surface area contributed by atoms with Gasteiger partial charge in [-0.05, 0) is 28.8 Å². The third-order valence-electron chi connectivity index (χ3n) is 3.42. The predicted octanol–water partition coefficient (Wildman–Crippen LogP) is 4.16. The van der Waals surface area contributed by atoms with Crippen LogP contribution in [0.3, 0.4) is 0 Å². The van der Waals surface area contributed by atoms with Gasteiger partial charge in [0, 0.05) is 20.1 Å². The van der Waals surface area contributed by atoms with Crippen LogP contribution in [0.5, 0.6) is 11.5 Å². The zero-order valence-corrected chi connectivity index (χ0v) is 13.7.